The molecule has 0 aliphatic carbocycles. The molecule has 0 radical (unpaired) electrons. The van der Waals surface area contributed by atoms with Crippen LogP contribution in [0.4, 0.5) is 0 Å². The van der Waals surface area contributed by atoms with Gasteiger partial charge in [0.15, 0.2) is 5.78 Å². The van der Waals surface area contributed by atoms with E-state index in [1.54, 1.807) is 50.5 Å². The zero-order valence-corrected chi connectivity index (χ0v) is 20.9. The Balaban J connectivity index is 2.31. The average Bonchev–Trinajstić information content (AvgIpc) is 2.84. The van der Waals surface area contributed by atoms with Crippen LogP contribution in [0.5, 0.6) is 11.5 Å². The van der Waals surface area contributed by atoms with Gasteiger partial charge < -0.3 is 14.4 Å². The molecule has 0 heterocycles. The predicted octanol–water partition coefficient (Wildman–Crippen LogP) is 6.37. The smallest absolute Gasteiger partial charge is 0.253 e. The molecule has 0 bridgehead atoms. The van der Waals surface area contributed by atoms with Gasteiger partial charge in [0.05, 0.1) is 13.2 Å². The van der Waals surface area contributed by atoms with Crippen molar-refractivity contribution in [3.05, 3.63) is 77.4 Å². The second-order valence-electron chi connectivity index (χ2n) is 8.37. The first-order chi connectivity index (χ1) is 16.4. The number of hydrogen-bond acceptors (Lipinski definition) is 4. The highest BCUT2D eigenvalue weighted by Gasteiger charge is 2.12. The van der Waals surface area contributed by atoms with Crippen LogP contribution in [0.15, 0.2) is 55.1 Å². The van der Waals surface area contributed by atoms with Crippen molar-refractivity contribution < 1.29 is 19.1 Å². The molecule has 34 heavy (non-hydrogen) atoms. The third-order valence-electron chi connectivity index (χ3n) is 5.30. The summed E-state index contributed by atoms with van der Waals surface area (Å²) in [6, 6.07) is 10.6. The summed E-state index contributed by atoms with van der Waals surface area (Å²) in [6.07, 6.45) is 9.84. The third kappa shape index (κ3) is 7.91. The number of carbonyl (C=O) groups excluding carboxylic acids is 2. The van der Waals surface area contributed by atoms with Crippen LogP contribution < -0.4 is 9.47 Å². The van der Waals surface area contributed by atoms with E-state index >= 15 is 0 Å². The van der Waals surface area contributed by atoms with E-state index in [0.29, 0.717) is 36.5 Å². The SMILES string of the molecule is C=CCc1cc(/C=C/C(=O)c2ccc(C(=O)N(C)C)cc2)c(OCCCC)cc1OCCCC. The Morgan fingerprint density at radius 3 is 2.06 bits per heavy atom. The molecule has 0 aromatic heterocycles. The summed E-state index contributed by atoms with van der Waals surface area (Å²) < 4.78 is 12.1. The van der Waals surface area contributed by atoms with Gasteiger partial charge in [-0.3, -0.25) is 9.59 Å². The molecule has 1 amide bonds. The Bertz CT molecular complexity index is 990. The normalized spacial score (nSPS) is 10.8. The van der Waals surface area contributed by atoms with Gasteiger partial charge in [0.2, 0.25) is 0 Å². The number of hydrogen-bond donors (Lipinski definition) is 0. The Morgan fingerprint density at radius 2 is 1.50 bits per heavy atom. The highest BCUT2D eigenvalue weighted by atomic mass is 16.5. The maximum absolute atomic E-state index is 12.8. The van der Waals surface area contributed by atoms with E-state index in [0.717, 1.165) is 42.6 Å². The summed E-state index contributed by atoms with van der Waals surface area (Å²) in [4.78, 5) is 26.4. The van der Waals surface area contributed by atoms with Crippen molar-refractivity contribution in [2.75, 3.05) is 27.3 Å². The van der Waals surface area contributed by atoms with Crippen LogP contribution in [0.1, 0.15) is 71.4 Å². The summed E-state index contributed by atoms with van der Waals surface area (Å²) in [7, 11) is 3.40. The minimum absolute atomic E-state index is 0.0978. The van der Waals surface area contributed by atoms with Gasteiger partial charge in [0, 0.05) is 36.9 Å². The number of allylic oxidation sites excluding steroid dienone is 2. The summed E-state index contributed by atoms with van der Waals surface area (Å²) >= 11 is 0. The molecule has 2 rings (SSSR count). The third-order valence-corrected chi connectivity index (χ3v) is 5.30. The first-order valence-electron chi connectivity index (χ1n) is 12.0. The molecule has 0 aliphatic heterocycles. The van der Waals surface area contributed by atoms with Gasteiger partial charge in [0.1, 0.15) is 11.5 Å². The largest absolute Gasteiger partial charge is 0.493 e. The Hall–Kier alpha value is -3.34. The van der Waals surface area contributed by atoms with Crippen LogP contribution in [0.3, 0.4) is 0 Å². The molecule has 182 valence electrons. The van der Waals surface area contributed by atoms with Gasteiger partial charge in [0.25, 0.3) is 5.91 Å². The molecule has 0 aliphatic rings. The van der Waals surface area contributed by atoms with Gasteiger partial charge in [-0.1, -0.05) is 44.9 Å². The first kappa shape index (κ1) is 26.9. The van der Waals surface area contributed by atoms with Crippen molar-refractivity contribution in [3.8, 4) is 11.5 Å². The minimum atomic E-state index is -0.142. The summed E-state index contributed by atoms with van der Waals surface area (Å²) in [5.74, 6) is 1.25. The minimum Gasteiger partial charge on any atom is -0.493 e. The lowest BCUT2D eigenvalue weighted by molar-refractivity contribution is 0.0827. The van der Waals surface area contributed by atoms with E-state index in [1.165, 1.54) is 4.90 Å². The van der Waals surface area contributed by atoms with Crippen LogP contribution in [0, 0.1) is 0 Å². The van der Waals surface area contributed by atoms with E-state index in [9.17, 15) is 9.59 Å². The number of carbonyl (C=O) groups is 2. The summed E-state index contributed by atoms with van der Waals surface area (Å²) in [5.41, 5.74) is 2.90. The topological polar surface area (TPSA) is 55.8 Å². The Labute approximate surface area is 204 Å². The molecular weight excluding hydrogens is 426 g/mol. The standard InChI is InChI=1S/C29H37NO4/c1-6-9-18-33-27-21-28(34-19-10-7-2)25(20-24(27)11-8-3)16-17-26(31)22-12-14-23(15-13-22)29(32)30(4)5/h8,12-17,20-21H,3,6-7,9-11,18-19H2,1-2,4-5H3/b17-16+. The van der Waals surface area contributed by atoms with Crippen molar-refractivity contribution >= 4 is 17.8 Å². The lowest BCUT2D eigenvalue weighted by Crippen LogP contribution is -2.21. The Morgan fingerprint density at radius 1 is 0.912 bits per heavy atom. The van der Waals surface area contributed by atoms with Crippen molar-refractivity contribution in [3.63, 3.8) is 0 Å². The number of ketones is 1. The van der Waals surface area contributed by atoms with Crippen LogP contribution in [-0.2, 0) is 6.42 Å². The number of benzene rings is 2. The summed E-state index contributed by atoms with van der Waals surface area (Å²) in [6.45, 7) is 9.36. The average molecular weight is 464 g/mol. The van der Waals surface area contributed by atoms with E-state index < -0.39 is 0 Å². The molecule has 0 N–H and O–H groups in total. The van der Waals surface area contributed by atoms with E-state index in [1.807, 2.05) is 18.2 Å². The van der Waals surface area contributed by atoms with Crippen molar-refractivity contribution in [1.29, 1.82) is 0 Å². The van der Waals surface area contributed by atoms with Gasteiger partial charge in [-0.15, -0.1) is 6.58 Å². The highest BCUT2D eigenvalue weighted by Crippen LogP contribution is 2.32. The van der Waals surface area contributed by atoms with Crippen LogP contribution in [0.25, 0.3) is 6.08 Å². The maximum Gasteiger partial charge on any atom is 0.253 e. The van der Waals surface area contributed by atoms with Gasteiger partial charge in [-0.25, -0.2) is 0 Å². The first-order valence-corrected chi connectivity index (χ1v) is 12.0. The van der Waals surface area contributed by atoms with E-state index in [2.05, 4.69) is 20.4 Å². The fourth-order valence-electron chi connectivity index (χ4n) is 3.28. The zero-order chi connectivity index (χ0) is 24.9. The second kappa shape index (κ2) is 14.0. The fraction of sp³-hybridized carbons (Fsp3) is 0.379. The Kier molecular flexibility index (Phi) is 11.1. The highest BCUT2D eigenvalue weighted by molar-refractivity contribution is 6.07. The zero-order valence-electron chi connectivity index (χ0n) is 20.9. The van der Waals surface area contributed by atoms with Crippen molar-refractivity contribution in [2.45, 2.75) is 46.0 Å². The number of unbranched alkanes of at least 4 members (excludes halogenated alkanes) is 2. The van der Waals surface area contributed by atoms with Crippen molar-refractivity contribution in [2.24, 2.45) is 0 Å². The molecule has 2 aromatic carbocycles. The lowest BCUT2D eigenvalue weighted by Gasteiger charge is -2.16. The number of amides is 1. The summed E-state index contributed by atoms with van der Waals surface area (Å²) in [5, 5.41) is 0. The fourth-order valence-corrected chi connectivity index (χ4v) is 3.28. The van der Waals surface area contributed by atoms with Crippen LogP contribution in [0.2, 0.25) is 0 Å². The molecular formula is C29H37NO4. The molecule has 0 spiro atoms. The second-order valence-corrected chi connectivity index (χ2v) is 8.37. The predicted molar refractivity (Wildman–Crippen MR) is 139 cm³/mol. The van der Waals surface area contributed by atoms with Gasteiger partial charge in [-0.05, 0) is 55.2 Å². The lowest BCUT2D eigenvalue weighted by atomic mass is 10.0. The molecule has 0 unspecified atom stereocenters. The molecule has 5 nitrogen and oxygen atoms in total. The van der Waals surface area contributed by atoms with Gasteiger partial charge in [-0.2, -0.15) is 0 Å². The van der Waals surface area contributed by atoms with E-state index in [-0.39, 0.29) is 11.7 Å². The van der Waals surface area contributed by atoms with Gasteiger partial charge >= 0.3 is 0 Å². The number of nitrogens with zero attached hydrogens (tertiary/aromatic N) is 1. The molecule has 0 fully saturated rings. The van der Waals surface area contributed by atoms with E-state index in [4.69, 9.17) is 9.47 Å². The van der Waals surface area contributed by atoms with Crippen LogP contribution in [-0.4, -0.2) is 43.9 Å². The molecule has 0 saturated heterocycles. The number of ether oxygens (including phenoxy) is 2. The monoisotopic (exact) mass is 463 g/mol. The van der Waals surface area contributed by atoms with Crippen LogP contribution >= 0.6 is 0 Å². The molecule has 0 saturated carbocycles. The number of rotatable bonds is 14. The molecule has 2 aromatic rings. The van der Waals surface area contributed by atoms with Crippen molar-refractivity contribution in [1.82, 2.24) is 4.90 Å². The molecule has 5 heteroatoms. The molecule has 0 atom stereocenters. The maximum atomic E-state index is 12.8. The quantitative estimate of drug-likeness (QED) is 0.141.